The van der Waals surface area contributed by atoms with E-state index < -0.39 is 0 Å². The first kappa shape index (κ1) is 15.7. The quantitative estimate of drug-likeness (QED) is 0.736. The van der Waals surface area contributed by atoms with E-state index in [1.807, 2.05) is 0 Å². The predicted molar refractivity (Wildman–Crippen MR) is 82.2 cm³/mol. The molecule has 1 unspecified atom stereocenters. The van der Waals surface area contributed by atoms with Gasteiger partial charge in [0, 0.05) is 19.1 Å². The molecular weight excluding hydrogens is 240 g/mol. The highest BCUT2D eigenvalue weighted by Gasteiger charge is 2.14. The first-order valence-electron chi connectivity index (χ1n) is 7.05. The van der Waals surface area contributed by atoms with Gasteiger partial charge >= 0.3 is 0 Å². The summed E-state index contributed by atoms with van der Waals surface area (Å²) in [4.78, 5) is 2.48. The Hall–Kier alpha value is -0.380. The largest absolute Gasteiger partial charge is 0.315 e. The molecule has 1 heterocycles. The molecule has 0 radical (unpaired) electrons. The molecule has 1 aromatic heterocycles. The molecule has 1 atom stereocenters. The molecular formula is C15H28N2S. The Morgan fingerprint density at radius 3 is 2.67 bits per heavy atom. The molecule has 0 aliphatic rings. The van der Waals surface area contributed by atoms with Gasteiger partial charge in [-0.1, -0.05) is 27.2 Å². The number of rotatable bonds is 9. The average molecular weight is 268 g/mol. The summed E-state index contributed by atoms with van der Waals surface area (Å²) in [6.07, 6.45) is 2.52. The van der Waals surface area contributed by atoms with Crippen LogP contribution in [0.3, 0.4) is 0 Å². The maximum Gasteiger partial charge on any atom is 0.0242 e. The van der Waals surface area contributed by atoms with Crippen LogP contribution in [0.15, 0.2) is 16.8 Å². The van der Waals surface area contributed by atoms with Crippen molar-refractivity contribution in [3.63, 3.8) is 0 Å². The highest BCUT2D eigenvalue weighted by atomic mass is 32.1. The smallest absolute Gasteiger partial charge is 0.0242 e. The van der Waals surface area contributed by atoms with E-state index in [1.165, 1.54) is 18.4 Å². The summed E-state index contributed by atoms with van der Waals surface area (Å²) in [5, 5.41) is 8.00. The lowest BCUT2D eigenvalue weighted by Gasteiger charge is -2.28. The monoisotopic (exact) mass is 268 g/mol. The van der Waals surface area contributed by atoms with Crippen molar-refractivity contribution in [3.05, 3.63) is 22.4 Å². The fourth-order valence-electron chi connectivity index (χ4n) is 2.15. The molecule has 104 valence electrons. The molecule has 1 N–H and O–H groups in total. The second-order valence-corrected chi connectivity index (χ2v) is 6.32. The van der Waals surface area contributed by atoms with Gasteiger partial charge in [0.15, 0.2) is 0 Å². The predicted octanol–water partition coefficient (Wildman–Crippen LogP) is 3.59. The van der Waals surface area contributed by atoms with Crippen LogP contribution in [-0.4, -0.2) is 31.1 Å². The van der Waals surface area contributed by atoms with E-state index in [4.69, 9.17) is 0 Å². The summed E-state index contributed by atoms with van der Waals surface area (Å²) in [5.41, 5.74) is 1.44. The number of nitrogens with zero attached hydrogens (tertiary/aromatic N) is 1. The first-order chi connectivity index (χ1) is 8.63. The van der Waals surface area contributed by atoms with Gasteiger partial charge in [0.05, 0.1) is 0 Å². The van der Waals surface area contributed by atoms with E-state index in [1.54, 1.807) is 11.3 Å². The van der Waals surface area contributed by atoms with Gasteiger partial charge in [-0.25, -0.2) is 0 Å². The van der Waals surface area contributed by atoms with Crippen molar-refractivity contribution < 1.29 is 0 Å². The fraction of sp³-hybridized carbons (Fsp3) is 0.733. The highest BCUT2D eigenvalue weighted by molar-refractivity contribution is 7.07. The maximum absolute atomic E-state index is 3.59. The molecule has 1 rings (SSSR count). The lowest BCUT2D eigenvalue weighted by Crippen LogP contribution is -2.40. The summed E-state index contributed by atoms with van der Waals surface area (Å²) < 4.78 is 0. The van der Waals surface area contributed by atoms with Crippen LogP contribution in [0.4, 0.5) is 0 Å². The Bertz CT molecular complexity index is 295. The second kappa shape index (κ2) is 8.68. The molecule has 0 spiro atoms. The molecule has 0 aliphatic carbocycles. The van der Waals surface area contributed by atoms with Crippen LogP contribution in [0.2, 0.25) is 0 Å². The van der Waals surface area contributed by atoms with E-state index in [2.05, 4.69) is 54.9 Å². The molecule has 3 heteroatoms. The minimum absolute atomic E-state index is 0.647. The van der Waals surface area contributed by atoms with E-state index in [0.717, 1.165) is 25.6 Å². The van der Waals surface area contributed by atoms with Crippen LogP contribution in [0.1, 0.15) is 39.2 Å². The normalized spacial score (nSPS) is 13.4. The summed E-state index contributed by atoms with van der Waals surface area (Å²) in [6, 6.07) is 2.87. The summed E-state index contributed by atoms with van der Waals surface area (Å²) >= 11 is 1.79. The van der Waals surface area contributed by atoms with Crippen molar-refractivity contribution in [1.82, 2.24) is 10.2 Å². The van der Waals surface area contributed by atoms with Crippen molar-refractivity contribution in [3.8, 4) is 0 Å². The Morgan fingerprint density at radius 1 is 1.33 bits per heavy atom. The fourth-order valence-corrected chi connectivity index (χ4v) is 2.81. The molecule has 18 heavy (non-hydrogen) atoms. The number of likely N-dealkylation sites (N-methyl/N-ethyl adjacent to an activating group) is 1. The maximum atomic E-state index is 3.59. The van der Waals surface area contributed by atoms with Crippen LogP contribution in [0.5, 0.6) is 0 Å². The lowest BCUT2D eigenvalue weighted by molar-refractivity contribution is 0.213. The number of nitrogens with one attached hydrogen (secondary N) is 1. The molecule has 0 fully saturated rings. The minimum atomic E-state index is 0.647. The number of hydrogen-bond acceptors (Lipinski definition) is 3. The highest BCUT2D eigenvalue weighted by Crippen LogP contribution is 2.12. The van der Waals surface area contributed by atoms with E-state index in [0.29, 0.717) is 6.04 Å². The molecule has 0 aliphatic heterocycles. The lowest BCUT2D eigenvalue weighted by atomic mass is 10.1. The van der Waals surface area contributed by atoms with Crippen LogP contribution in [-0.2, 0) is 6.54 Å². The van der Waals surface area contributed by atoms with Crippen molar-refractivity contribution in [2.75, 3.05) is 20.1 Å². The summed E-state index contributed by atoms with van der Waals surface area (Å²) in [5.74, 6) is 0.731. The van der Waals surface area contributed by atoms with Gasteiger partial charge in [-0.3, -0.25) is 4.90 Å². The molecule has 0 saturated carbocycles. The van der Waals surface area contributed by atoms with Crippen LogP contribution >= 0.6 is 11.3 Å². The zero-order valence-electron chi connectivity index (χ0n) is 12.3. The van der Waals surface area contributed by atoms with E-state index in [9.17, 15) is 0 Å². The number of thiophene rings is 1. The van der Waals surface area contributed by atoms with Crippen molar-refractivity contribution in [2.45, 2.75) is 46.2 Å². The van der Waals surface area contributed by atoms with Gasteiger partial charge < -0.3 is 5.32 Å². The third-order valence-corrected chi connectivity index (χ3v) is 3.92. The van der Waals surface area contributed by atoms with Crippen molar-refractivity contribution in [1.29, 1.82) is 0 Å². The topological polar surface area (TPSA) is 15.3 Å². The van der Waals surface area contributed by atoms with Gasteiger partial charge in [0.1, 0.15) is 0 Å². The third-order valence-electron chi connectivity index (χ3n) is 3.19. The summed E-state index contributed by atoms with van der Waals surface area (Å²) in [7, 11) is 2.25. The molecule has 0 amide bonds. The number of hydrogen-bond donors (Lipinski definition) is 1. The van der Waals surface area contributed by atoms with Gasteiger partial charge in [-0.15, -0.1) is 0 Å². The Morgan fingerprint density at radius 2 is 2.11 bits per heavy atom. The van der Waals surface area contributed by atoms with Gasteiger partial charge in [-0.05, 0) is 48.3 Å². The van der Waals surface area contributed by atoms with Crippen LogP contribution in [0, 0.1) is 5.92 Å². The molecule has 2 nitrogen and oxygen atoms in total. The van der Waals surface area contributed by atoms with Gasteiger partial charge in [-0.2, -0.15) is 11.3 Å². The zero-order chi connectivity index (χ0) is 13.4. The van der Waals surface area contributed by atoms with E-state index >= 15 is 0 Å². The first-order valence-corrected chi connectivity index (χ1v) is 7.99. The SMILES string of the molecule is CCCC(CNCC(C)C)N(C)Cc1ccsc1. The average Bonchev–Trinajstić information content (AvgIpc) is 2.80. The van der Waals surface area contributed by atoms with Crippen LogP contribution in [0.25, 0.3) is 0 Å². The van der Waals surface area contributed by atoms with Crippen molar-refractivity contribution in [2.24, 2.45) is 5.92 Å². The van der Waals surface area contributed by atoms with Gasteiger partial charge in [0.2, 0.25) is 0 Å². The van der Waals surface area contributed by atoms with Gasteiger partial charge in [0.25, 0.3) is 0 Å². The standard InChI is InChI=1S/C15H28N2S/c1-5-6-15(10-16-9-13(2)3)17(4)11-14-7-8-18-12-14/h7-8,12-13,15-16H,5-6,9-11H2,1-4H3. The Labute approximate surface area is 116 Å². The van der Waals surface area contributed by atoms with Crippen LogP contribution < -0.4 is 5.32 Å². The molecule has 1 aromatic rings. The molecule has 0 aromatic carbocycles. The second-order valence-electron chi connectivity index (χ2n) is 5.54. The molecule has 0 saturated heterocycles. The molecule has 0 bridgehead atoms. The Kier molecular flexibility index (Phi) is 7.56. The Balaban J connectivity index is 2.39. The minimum Gasteiger partial charge on any atom is -0.315 e. The zero-order valence-corrected chi connectivity index (χ0v) is 13.1. The summed E-state index contributed by atoms with van der Waals surface area (Å²) in [6.45, 7) is 10.1. The third kappa shape index (κ3) is 5.98. The van der Waals surface area contributed by atoms with Crippen molar-refractivity contribution >= 4 is 11.3 Å². The van der Waals surface area contributed by atoms with E-state index in [-0.39, 0.29) is 0 Å².